The standard InChI is InChI=1S/C12H18N2OS2/c1-14(7-8-15)11(12(13)16)9-3-5-10(17-2)6-4-9/h3-6,11,15H,7-8H2,1-2H3,(H2,13,16). The fraction of sp³-hybridized carbons (Fsp3) is 0.417. The molecule has 94 valence electrons. The lowest BCUT2D eigenvalue weighted by molar-refractivity contribution is 0.207. The molecular formula is C12H18N2OS2. The lowest BCUT2D eigenvalue weighted by Crippen LogP contribution is -2.35. The third-order valence-corrected chi connectivity index (χ3v) is 3.56. The summed E-state index contributed by atoms with van der Waals surface area (Å²) in [4.78, 5) is 3.59. The maximum Gasteiger partial charge on any atom is 0.0948 e. The molecule has 0 aliphatic heterocycles. The topological polar surface area (TPSA) is 49.5 Å². The average Bonchev–Trinajstić information content (AvgIpc) is 2.30. The molecule has 1 unspecified atom stereocenters. The van der Waals surface area contributed by atoms with Gasteiger partial charge in [-0.15, -0.1) is 11.8 Å². The maximum absolute atomic E-state index is 8.97. The molecule has 0 bridgehead atoms. The van der Waals surface area contributed by atoms with Crippen LogP contribution in [0.4, 0.5) is 0 Å². The van der Waals surface area contributed by atoms with Gasteiger partial charge in [0, 0.05) is 11.4 Å². The molecule has 0 saturated heterocycles. The monoisotopic (exact) mass is 270 g/mol. The first kappa shape index (κ1) is 14.4. The Labute approximate surface area is 112 Å². The van der Waals surface area contributed by atoms with E-state index in [0.717, 1.165) is 5.56 Å². The molecule has 3 N–H and O–H groups in total. The summed E-state index contributed by atoms with van der Waals surface area (Å²) in [5.41, 5.74) is 6.83. The summed E-state index contributed by atoms with van der Waals surface area (Å²) in [5.74, 6) is 0. The van der Waals surface area contributed by atoms with E-state index in [9.17, 15) is 0 Å². The molecule has 1 atom stereocenters. The van der Waals surface area contributed by atoms with Crippen LogP contribution < -0.4 is 5.73 Å². The first-order chi connectivity index (χ1) is 8.10. The number of thioether (sulfide) groups is 1. The Morgan fingerprint density at radius 2 is 2.06 bits per heavy atom. The number of likely N-dealkylation sites (N-methyl/N-ethyl adjacent to an activating group) is 1. The third kappa shape index (κ3) is 3.96. The smallest absolute Gasteiger partial charge is 0.0948 e. The Morgan fingerprint density at radius 1 is 1.47 bits per heavy atom. The van der Waals surface area contributed by atoms with Crippen molar-refractivity contribution in [3.8, 4) is 0 Å². The second-order valence-corrected chi connectivity index (χ2v) is 5.13. The largest absolute Gasteiger partial charge is 0.395 e. The summed E-state index contributed by atoms with van der Waals surface area (Å²) in [6, 6.07) is 8.05. The number of hydrogen-bond donors (Lipinski definition) is 2. The van der Waals surface area contributed by atoms with Crippen molar-refractivity contribution in [1.82, 2.24) is 4.90 Å². The van der Waals surface area contributed by atoms with E-state index in [1.165, 1.54) is 4.90 Å². The first-order valence-corrected chi connectivity index (χ1v) is 6.97. The predicted molar refractivity (Wildman–Crippen MR) is 77.5 cm³/mol. The van der Waals surface area contributed by atoms with Gasteiger partial charge in [0.2, 0.25) is 0 Å². The highest BCUT2D eigenvalue weighted by molar-refractivity contribution is 7.98. The fourth-order valence-electron chi connectivity index (χ4n) is 1.71. The van der Waals surface area contributed by atoms with Crippen LogP contribution in [0.15, 0.2) is 29.2 Å². The number of rotatable bonds is 6. The SMILES string of the molecule is CSc1ccc(C(C(N)=S)N(C)CCO)cc1. The predicted octanol–water partition coefficient (Wildman–Crippen LogP) is 1.66. The van der Waals surface area contributed by atoms with Crippen LogP contribution in [0.1, 0.15) is 11.6 Å². The Hall–Kier alpha value is -0.620. The third-order valence-electron chi connectivity index (χ3n) is 2.59. The van der Waals surface area contributed by atoms with Gasteiger partial charge in [0.15, 0.2) is 0 Å². The van der Waals surface area contributed by atoms with Crippen LogP contribution in [0, 0.1) is 0 Å². The molecule has 1 rings (SSSR count). The molecule has 1 aromatic carbocycles. The Balaban J connectivity index is 2.93. The molecule has 0 saturated carbocycles. The van der Waals surface area contributed by atoms with Crippen molar-refractivity contribution < 1.29 is 5.11 Å². The molecular weight excluding hydrogens is 252 g/mol. The first-order valence-electron chi connectivity index (χ1n) is 5.34. The van der Waals surface area contributed by atoms with Gasteiger partial charge in [-0.25, -0.2) is 0 Å². The average molecular weight is 270 g/mol. The van der Waals surface area contributed by atoms with Crippen LogP contribution in [0.25, 0.3) is 0 Å². The Bertz CT molecular complexity index is 367. The van der Waals surface area contributed by atoms with Gasteiger partial charge >= 0.3 is 0 Å². The molecule has 0 aliphatic carbocycles. The zero-order valence-electron chi connectivity index (χ0n) is 10.1. The van der Waals surface area contributed by atoms with Crippen molar-refractivity contribution in [2.45, 2.75) is 10.9 Å². The number of aliphatic hydroxyl groups excluding tert-OH is 1. The van der Waals surface area contributed by atoms with Crippen LogP contribution in [-0.2, 0) is 0 Å². The van der Waals surface area contributed by atoms with E-state index in [-0.39, 0.29) is 12.6 Å². The van der Waals surface area contributed by atoms with Crippen molar-refractivity contribution in [1.29, 1.82) is 0 Å². The lowest BCUT2D eigenvalue weighted by atomic mass is 10.1. The minimum absolute atomic E-state index is 0.0957. The molecule has 0 heterocycles. The molecule has 0 fully saturated rings. The zero-order valence-corrected chi connectivity index (χ0v) is 11.7. The van der Waals surface area contributed by atoms with Gasteiger partial charge in [-0.3, -0.25) is 4.90 Å². The molecule has 3 nitrogen and oxygen atoms in total. The molecule has 5 heteroatoms. The van der Waals surface area contributed by atoms with Crippen LogP contribution in [-0.4, -0.2) is 41.5 Å². The van der Waals surface area contributed by atoms with Gasteiger partial charge in [0.05, 0.1) is 17.6 Å². The summed E-state index contributed by atoms with van der Waals surface area (Å²) >= 11 is 6.80. The van der Waals surface area contributed by atoms with Crippen LogP contribution in [0.5, 0.6) is 0 Å². The zero-order chi connectivity index (χ0) is 12.8. The highest BCUT2D eigenvalue weighted by atomic mass is 32.2. The number of nitrogens with two attached hydrogens (primary N) is 1. The second-order valence-electron chi connectivity index (χ2n) is 3.78. The summed E-state index contributed by atoms with van der Waals surface area (Å²) in [6.07, 6.45) is 2.04. The van der Waals surface area contributed by atoms with E-state index in [1.54, 1.807) is 11.8 Å². The molecule has 0 aromatic heterocycles. The van der Waals surface area contributed by atoms with E-state index < -0.39 is 0 Å². The summed E-state index contributed by atoms with van der Waals surface area (Å²) in [5, 5.41) is 8.97. The number of aliphatic hydroxyl groups is 1. The highest BCUT2D eigenvalue weighted by Gasteiger charge is 2.19. The molecule has 1 aromatic rings. The summed E-state index contributed by atoms with van der Waals surface area (Å²) < 4.78 is 0. The number of benzene rings is 1. The van der Waals surface area contributed by atoms with Gasteiger partial charge in [0.25, 0.3) is 0 Å². The van der Waals surface area contributed by atoms with Crippen molar-refractivity contribution >= 4 is 29.0 Å². The maximum atomic E-state index is 8.97. The molecule has 17 heavy (non-hydrogen) atoms. The quantitative estimate of drug-likeness (QED) is 0.608. The van der Waals surface area contributed by atoms with Gasteiger partial charge in [-0.2, -0.15) is 0 Å². The lowest BCUT2D eigenvalue weighted by Gasteiger charge is -2.26. The van der Waals surface area contributed by atoms with E-state index >= 15 is 0 Å². The van der Waals surface area contributed by atoms with Gasteiger partial charge < -0.3 is 10.8 Å². The van der Waals surface area contributed by atoms with E-state index in [1.807, 2.05) is 30.3 Å². The van der Waals surface area contributed by atoms with Crippen molar-refractivity contribution in [3.05, 3.63) is 29.8 Å². The molecule has 0 radical (unpaired) electrons. The minimum Gasteiger partial charge on any atom is -0.395 e. The minimum atomic E-state index is -0.118. The van der Waals surface area contributed by atoms with Crippen molar-refractivity contribution in [2.75, 3.05) is 26.5 Å². The summed E-state index contributed by atoms with van der Waals surface area (Å²) in [7, 11) is 1.91. The Kier molecular flexibility index (Phi) is 5.91. The van der Waals surface area contributed by atoms with Crippen LogP contribution in [0.2, 0.25) is 0 Å². The van der Waals surface area contributed by atoms with Gasteiger partial charge in [-0.05, 0) is 31.0 Å². The van der Waals surface area contributed by atoms with Gasteiger partial charge in [-0.1, -0.05) is 24.4 Å². The number of hydrogen-bond acceptors (Lipinski definition) is 4. The highest BCUT2D eigenvalue weighted by Crippen LogP contribution is 2.22. The van der Waals surface area contributed by atoms with Crippen LogP contribution in [0.3, 0.4) is 0 Å². The van der Waals surface area contributed by atoms with E-state index in [4.69, 9.17) is 23.1 Å². The van der Waals surface area contributed by atoms with Crippen molar-refractivity contribution in [3.63, 3.8) is 0 Å². The van der Waals surface area contributed by atoms with Gasteiger partial charge in [0.1, 0.15) is 0 Å². The normalized spacial score (nSPS) is 12.7. The fourth-order valence-corrected chi connectivity index (χ4v) is 2.43. The van der Waals surface area contributed by atoms with E-state index in [0.29, 0.717) is 11.5 Å². The van der Waals surface area contributed by atoms with E-state index in [2.05, 4.69) is 12.1 Å². The Morgan fingerprint density at radius 3 is 2.47 bits per heavy atom. The molecule has 0 amide bonds. The second kappa shape index (κ2) is 6.96. The summed E-state index contributed by atoms with van der Waals surface area (Å²) in [6.45, 7) is 0.644. The number of thiocarbonyl (C=S) groups is 1. The van der Waals surface area contributed by atoms with Crippen molar-refractivity contribution in [2.24, 2.45) is 5.73 Å². The molecule has 0 aliphatic rings. The molecule has 0 spiro atoms. The number of nitrogens with zero attached hydrogens (tertiary/aromatic N) is 1. The van der Waals surface area contributed by atoms with Crippen LogP contribution >= 0.6 is 24.0 Å².